The van der Waals surface area contributed by atoms with E-state index in [2.05, 4.69) is 27.5 Å². The number of ether oxygens (including phenoxy) is 1. The number of methoxy groups -OCH3 is 1. The highest BCUT2D eigenvalue weighted by Gasteiger charge is 2.24. The van der Waals surface area contributed by atoms with Crippen LogP contribution >= 0.6 is 0 Å². The number of hydrazone groups is 1. The van der Waals surface area contributed by atoms with E-state index in [1.807, 2.05) is 48.3 Å². The van der Waals surface area contributed by atoms with Crippen LogP contribution in [0.25, 0.3) is 0 Å². The van der Waals surface area contributed by atoms with Crippen molar-refractivity contribution in [2.45, 2.75) is 32.2 Å². The van der Waals surface area contributed by atoms with Gasteiger partial charge in [0.25, 0.3) is 5.91 Å². The van der Waals surface area contributed by atoms with Gasteiger partial charge >= 0.3 is 0 Å². The number of nitrogens with zero attached hydrogens (tertiary/aromatic N) is 3. The molecule has 1 saturated heterocycles. The van der Waals surface area contributed by atoms with Gasteiger partial charge in [-0.2, -0.15) is 5.10 Å². The largest absolute Gasteiger partial charge is 0.497 e. The molecule has 0 bridgehead atoms. The van der Waals surface area contributed by atoms with Crippen LogP contribution in [0.4, 0.5) is 5.69 Å². The zero-order valence-corrected chi connectivity index (χ0v) is 17.8. The summed E-state index contributed by atoms with van der Waals surface area (Å²) in [6.45, 7) is 5.66. The Kier molecular flexibility index (Phi) is 6.33. The molecule has 2 aromatic rings. The van der Waals surface area contributed by atoms with E-state index in [1.54, 1.807) is 7.11 Å². The highest BCUT2D eigenvalue weighted by Crippen LogP contribution is 2.26. The molecule has 4 rings (SSSR count). The average molecular weight is 407 g/mol. The van der Waals surface area contributed by atoms with Crippen LogP contribution in [-0.4, -0.2) is 49.8 Å². The third-order valence-corrected chi connectivity index (χ3v) is 5.94. The lowest BCUT2D eigenvalue weighted by molar-refractivity contribution is 0.0938. The van der Waals surface area contributed by atoms with Crippen LogP contribution in [0.3, 0.4) is 0 Å². The SMILES string of the molecule is COc1ccc(C(CNC(=O)c2ccc(N3CCC(C)=N3)cc2)N2CCCC2)cc1. The van der Waals surface area contributed by atoms with Crippen molar-refractivity contribution in [3.63, 3.8) is 0 Å². The molecule has 0 aliphatic carbocycles. The van der Waals surface area contributed by atoms with Crippen molar-refractivity contribution in [1.82, 2.24) is 10.2 Å². The summed E-state index contributed by atoms with van der Waals surface area (Å²) in [7, 11) is 1.68. The van der Waals surface area contributed by atoms with Gasteiger partial charge in [-0.15, -0.1) is 0 Å². The molecule has 2 heterocycles. The van der Waals surface area contributed by atoms with Crippen molar-refractivity contribution in [2.75, 3.05) is 38.3 Å². The molecule has 1 atom stereocenters. The predicted octanol–water partition coefficient (Wildman–Crippen LogP) is 3.85. The van der Waals surface area contributed by atoms with E-state index in [0.29, 0.717) is 12.1 Å². The smallest absolute Gasteiger partial charge is 0.251 e. The van der Waals surface area contributed by atoms with Crippen LogP contribution in [0, 0.1) is 0 Å². The van der Waals surface area contributed by atoms with Crippen LogP contribution < -0.4 is 15.1 Å². The number of likely N-dealkylation sites (tertiary alicyclic amines) is 1. The monoisotopic (exact) mass is 406 g/mol. The molecule has 1 fully saturated rings. The van der Waals surface area contributed by atoms with Crippen molar-refractivity contribution < 1.29 is 9.53 Å². The Bertz CT molecular complexity index is 886. The molecule has 1 amide bonds. The number of carbonyl (C=O) groups excluding carboxylic acids is 1. The van der Waals surface area contributed by atoms with Crippen LogP contribution in [-0.2, 0) is 0 Å². The fourth-order valence-electron chi connectivity index (χ4n) is 4.17. The summed E-state index contributed by atoms with van der Waals surface area (Å²) in [4.78, 5) is 15.2. The lowest BCUT2D eigenvalue weighted by atomic mass is 10.0. The third-order valence-electron chi connectivity index (χ3n) is 5.94. The van der Waals surface area contributed by atoms with Crippen molar-refractivity contribution >= 4 is 17.3 Å². The van der Waals surface area contributed by atoms with Gasteiger partial charge in [-0.1, -0.05) is 12.1 Å². The van der Waals surface area contributed by atoms with Gasteiger partial charge in [0.05, 0.1) is 18.8 Å². The standard InChI is InChI=1S/C24H30N4O2/c1-18-13-16-28(26-18)21-9-5-20(6-10-21)24(29)25-17-23(27-14-3-4-15-27)19-7-11-22(30-2)12-8-19/h5-12,23H,3-4,13-17H2,1-2H3,(H,25,29). The number of amides is 1. The molecule has 158 valence electrons. The van der Waals surface area contributed by atoms with E-state index >= 15 is 0 Å². The van der Waals surface area contributed by atoms with Crippen LogP contribution in [0.2, 0.25) is 0 Å². The van der Waals surface area contributed by atoms with Gasteiger partial charge in [0.1, 0.15) is 5.75 Å². The fourth-order valence-corrected chi connectivity index (χ4v) is 4.17. The number of benzene rings is 2. The van der Waals surface area contributed by atoms with Gasteiger partial charge in [0.2, 0.25) is 0 Å². The van der Waals surface area contributed by atoms with Gasteiger partial charge in [-0.05, 0) is 74.8 Å². The maximum Gasteiger partial charge on any atom is 0.251 e. The molecule has 0 radical (unpaired) electrons. The molecule has 1 N–H and O–H groups in total. The van der Waals surface area contributed by atoms with E-state index in [0.717, 1.165) is 43.2 Å². The lowest BCUT2D eigenvalue weighted by Crippen LogP contribution is -2.36. The maximum absolute atomic E-state index is 12.8. The normalized spacial score (nSPS) is 17.7. The molecule has 2 aliphatic heterocycles. The van der Waals surface area contributed by atoms with Crippen LogP contribution in [0.15, 0.2) is 53.6 Å². The van der Waals surface area contributed by atoms with Crippen molar-refractivity contribution in [3.05, 3.63) is 59.7 Å². The summed E-state index contributed by atoms with van der Waals surface area (Å²) in [5.74, 6) is 0.806. The second-order valence-electron chi connectivity index (χ2n) is 8.00. The highest BCUT2D eigenvalue weighted by molar-refractivity contribution is 5.94. The third kappa shape index (κ3) is 4.65. The molecule has 0 spiro atoms. The molecule has 0 aromatic heterocycles. The number of nitrogens with one attached hydrogen (secondary N) is 1. The zero-order valence-electron chi connectivity index (χ0n) is 17.8. The molecule has 0 saturated carbocycles. The van der Waals surface area contributed by atoms with Crippen molar-refractivity contribution in [1.29, 1.82) is 0 Å². The summed E-state index contributed by atoms with van der Waals surface area (Å²) in [5, 5.41) is 9.65. The summed E-state index contributed by atoms with van der Waals surface area (Å²) >= 11 is 0. The van der Waals surface area contributed by atoms with Crippen molar-refractivity contribution in [3.8, 4) is 5.75 Å². The number of rotatable bonds is 7. The Labute approximate surface area is 178 Å². The first-order valence-electron chi connectivity index (χ1n) is 10.7. The van der Waals surface area contributed by atoms with Crippen LogP contribution in [0.5, 0.6) is 5.75 Å². The molecule has 2 aliphatic rings. The van der Waals surface area contributed by atoms with E-state index in [-0.39, 0.29) is 11.9 Å². The van der Waals surface area contributed by atoms with E-state index in [1.165, 1.54) is 18.4 Å². The topological polar surface area (TPSA) is 57.2 Å². The molecule has 30 heavy (non-hydrogen) atoms. The second kappa shape index (κ2) is 9.30. The summed E-state index contributed by atoms with van der Waals surface area (Å²) in [5.41, 5.74) is 4.05. The van der Waals surface area contributed by atoms with Gasteiger partial charge in [0, 0.05) is 30.8 Å². The molecule has 1 unspecified atom stereocenters. The summed E-state index contributed by atoms with van der Waals surface area (Å²) < 4.78 is 5.29. The molecular formula is C24H30N4O2. The predicted molar refractivity (Wildman–Crippen MR) is 120 cm³/mol. The quantitative estimate of drug-likeness (QED) is 0.759. The molecule has 2 aromatic carbocycles. The summed E-state index contributed by atoms with van der Waals surface area (Å²) in [6.07, 6.45) is 3.41. The summed E-state index contributed by atoms with van der Waals surface area (Å²) in [6, 6.07) is 16.0. The highest BCUT2D eigenvalue weighted by atomic mass is 16.5. The molecular weight excluding hydrogens is 376 g/mol. The van der Waals surface area contributed by atoms with E-state index in [9.17, 15) is 4.79 Å². The Hall–Kier alpha value is -2.86. The zero-order chi connectivity index (χ0) is 20.9. The maximum atomic E-state index is 12.8. The lowest BCUT2D eigenvalue weighted by Gasteiger charge is -2.28. The second-order valence-corrected chi connectivity index (χ2v) is 8.00. The Morgan fingerprint density at radius 1 is 1.07 bits per heavy atom. The van der Waals surface area contributed by atoms with Gasteiger partial charge in [0.15, 0.2) is 0 Å². The van der Waals surface area contributed by atoms with Crippen molar-refractivity contribution in [2.24, 2.45) is 5.10 Å². The van der Waals surface area contributed by atoms with Crippen LogP contribution in [0.1, 0.15) is 48.1 Å². The Balaban J connectivity index is 1.41. The van der Waals surface area contributed by atoms with E-state index < -0.39 is 0 Å². The van der Waals surface area contributed by atoms with Gasteiger partial charge < -0.3 is 10.1 Å². The first-order valence-corrected chi connectivity index (χ1v) is 10.7. The average Bonchev–Trinajstić information content (AvgIpc) is 3.46. The minimum absolute atomic E-state index is 0.0413. The Morgan fingerprint density at radius 2 is 1.77 bits per heavy atom. The first kappa shape index (κ1) is 20.4. The van der Waals surface area contributed by atoms with Gasteiger partial charge in [-0.25, -0.2) is 0 Å². The number of hydrogen-bond donors (Lipinski definition) is 1. The first-order chi connectivity index (χ1) is 14.6. The fraction of sp³-hybridized carbons (Fsp3) is 0.417. The molecule has 6 nitrogen and oxygen atoms in total. The minimum atomic E-state index is -0.0413. The number of carbonyl (C=O) groups is 1. The van der Waals surface area contributed by atoms with E-state index in [4.69, 9.17) is 4.74 Å². The number of anilines is 1. The minimum Gasteiger partial charge on any atom is -0.497 e. The van der Waals surface area contributed by atoms with Gasteiger partial charge in [-0.3, -0.25) is 14.7 Å². The molecule has 6 heteroatoms. The Morgan fingerprint density at radius 3 is 2.37 bits per heavy atom. The number of hydrogen-bond acceptors (Lipinski definition) is 5.